The monoisotopic (exact) mass is 196 g/mol. The smallest absolute Gasteiger partial charge is 0.160 e. The summed E-state index contributed by atoms with van der Waals surface area (Å²) in [6.07, 6.45) is 7.72. The Bertz CT molecular complexity index is 224. The van der Waals surface area contributed by atoms with E-state index in [-0.39, 0.29) is 0 Å². The van der Waals surface area contributed by atoms with Crippen LogP contribution in [-0.4, -0.2) is 13.2 Å². The van der Waals surface area contributed by atoms with Crippen LogP contribution in [0, 0.1) is 0 Å². The second kappa shape index (κ2) is 8.42. The summed E-state index contributed by atoms with van der Waals surface area (Å²) < 4.78 is 10.8. The van der Waals surface area contributed by atoms with Crippen LogP contribution in [0.4, 0.5) is 0 Å². The van der Waals surface area contributed by atoms with Crippen LogP contribution in [0.15, 0.2) is 35.8 Å². The molecule has 0 amide bonds. The summed E-state index contributed by atoms with van der Waals surface area (Å²) >= 11 is 0. The molecule has 0 spiro atoms. The molecule has 80 valence electrons. The average molecular weight is 196 g/mol. The molecule has 14 heavy (non-hydrogen) atoms. The summed E-state index contributed by atoms with van der Waals surface area (Å²) in [5.41, 5.74) is 0. The first-order chi connectivity index (χ1) is 6.88. The van der Waals surface area contributed by atoms with Gasteiger partial charge in [0.25, 0.3) is 0 Å². The van der Waals surface area contributed by atoms with Crippen LogP contribution >= 0.6 is 0 Å². The maximum atomic E-state index is 5.40. The molecule has 1 fully saturated rings. The first-order valence-corrected chi connectivity index (χ1v) is 5.13. The molecule has 0 unspecified atom stereocenters. The molecule has 0 radical (unpaired) electrons. The van der Waals surface area contributed by atoms with Crippen LogP contribution in [0.5, 0.6) is 0 Å². The predicted molar refractivity (Wildman–Crippen MR) is 59.9 cm³/mol. The lowest BCUT2D eigenvalue weighted by Gasteiger charge is -2.19. The molecule has 1 aliphatic rings. The van der Waals surface area contributed by atoms with Crippen molar-refractivity contribution in [1.82, 2.24) is 0 Å². The third-order valence-electron chi connectivity index (χ3n) is 1.54. The van der Waals surface area contributed by atoms with Gasteiger partial charge in [0, 0.05) is 0 Å². The summed E-state index contributed by atoms with van der Waals surface area (Å²) in [4.78, 5) is 0. The molecule has 0 saturated carbocycles. The van der Waals surface area contributed by atoms with E-state index in [1.54, 1.807) is 0 Å². The second-order valence-electron chi connectivity index (χ2n) is 2.41. The molecular weight excluding hydrogens is 176 g/mol. The van der Waals surface area contributed by atoms with Crippen molar-refractivity contribution in [3.63, 3.8) is 0 Å². The molecule has 0 aromatic rings. The number of rotatable bonds is 1. The highest BCUT2D eigenvalue weighted by atomic mass is 16.6. The third kappa shape index (κ3) is 4.17. The fourth-order valence-electron chi connectivity index (χ4n) is 0.985. The summed E-state index contributed by atoms with van der Waals surface area (Å²) in [5, 5.41) is 0. The molecule has 0 bridgehead atoms. The van der Waals surface area contributed by atoms with E-state index >= 15 is 0 Å². The second-order valence-corrected chi connectivity index (χ2v) is 2.41. The van der Waals surface area contributed by atoms with Gasteiger partial charge in [0.2, 0.25) is 0 Å². The minimum Gasteiger partial charge on any atom is -0.486 e. The Balaban J connectivity index is 0.000000791. The Hall–Kier alpha value is -1.18. The van der Waals surface area contributed by atoms with Crippen LogP contribution in [0.3, 0.4) is 0 Å². The lowest BCUT2D eigenvalue weighted by Crippen LogP contribution is -2.13. The van der Waals surface area contributed by atoms with Gasteiger partial charge in [-0.1, -0.05) is 26.0 Å². The van der Waals surface area contributed by atoms with Gasteiger partial charge >= 0.3 is 0 Å². The molecule has 1 aliphatic heterocycles. The Morgan fingerprint density at radius 3 is 2.07 bits per heavy atom. The first-order valence-electron chi connectivity index (χ1n) is 5.13. The molecule has 1 saturated heterocycles. The largest absolute Gasteiger partial charge is 0.486 e. The molecule has 0 aromatic heterocycles. The maximum absolute atomic E-state index is 5.40. The fourth-order valence-corrected chi connectivity index (χ4v) is 0.985. The number of ether oxygens (including phenoxy) is 2. The first kappa shape index (κ1) is 12.8. The lowest BCUT2D eigenvalue weighted by atomic mass is 10.3. The normalized spacial score (nSPS) is 21.4. The van der Waals surface area contributed by atoms with Crippen LogP contribution in [0.1, 0.15) is 27.7 Å². The van der Waals surface area contributed by atoms with Crippen molar-refractivity contribution < 1.29 is 9.47 Å². The van der Waals surface area contributed by atoms with Crippen LogP contribution in [-0.2, 0) is 9.47 Å². The summed E-state index contributed by atoms with van der Waals surface area (Å²) in [7, 11) is 0. The number of hydrogen-bond donors (Lipinski definition) is 0. The van der Waals surface area contributed by atoms with Crippen molar-refractivity contribution >= 4 is 0 Å². The molecule has 0 aromatic carbocycles. The Morgan fingerprint density at radius 1 is 1.00 bits per heavy atom. The lowest BCUT2D eigenvalue weighted by molar-refractivity contribution is 0.0594. The topological polar surface area (TPSA) is 18.5 Å². The highest BCUT2D eigenvalue weighted by Gasteiger charge is 2.11. The highest BCUT2D eigenvalue weighted by molar-refractivity contribution is 5.24. The van der Waals surface area contributed by atoms with Crippen LogP contribution in [0.2, 0.25) is 0 Å². The van der Waals surface area contributed by atoms with Crippen LogP contribution in [0.25, 0.3) is 0 Å². The van der Waals surface area contributed by atoms with E-state index in [0.29, 0.717) is 13.2 Å². The van der Waals surface area contributed by atoms with E-state index in [4.69, 9.17) is 9.47 Å². The van der Waals surface area contributed by atoms with Gasteiger partial charge in [-0.25, -0.2) is 0 Å². The minimum absolute atomic E-state index is 0.640. The van der Waals surface area contributed by atoms with Crippen molar-refractivity contribution in [3.05, 3.63) is 35.8 Å². The maximum Gasteiger partial charge on any atom is 0.160 e. The minimum atomic E-state index is 0.640. The predicted octanol–water partition coefficient (Wildman–Crippen LogP) is 3.42. The van der Waals surface area contributed by atoms with Gasteiger partial charge in [0.1, 0.15) is 13.2 Å². The Morgan fingerprint density at radius 2 is 1.57 bits per heavy atom. The average Bonchev–Trinajstić information content (AvgIpc) is 2.29. The van der Waals surface area contributed by atoms with Gasteiger partial charge in [0.05, 0.1) is 0 Å². The third-order valence-corrected chi connectivity index (χ3v) is 1.54. The molecule has 2 nitrogen and oxygen atoms in total. The zero-order chi connectivity index (χ0) is 10.8. The number of allylic oxidation sites excluding steroid dienone is 4. The summed E-state index contributed by atoms with van der Waals surface area (Å²) in [5.74, 6) is 1.65. The van der Waals surface area contributed by atoms with Crippen molar-refractivity contribution in [2.45, 2.75) is 27.7 Å². The zero-order valence-electron chi connectivity index (χ0n) is 9.54. The molecule has 0 N–H and O–H groups in total. The summed E-state index contributed by atoms with van der Waals surface area (Å²) in [6.45, 7) is 9.19. The van der Waals surface area contributed by atoms with Gasteiger partial charge in [-0.15, -0.1) is 0 Å². The SMILES string of the molecule is CC.C\C=C/C=C1/OCCO/C1=C/C. The Kier molecular flexibility index (Phi) is 7.71. The van der Waals surface area contributed by atoms with Crippen molar-refractivity contribution in [2.75, 3.05) is 13.2 Å². The summed E-state index contributed by atoms with van der Waals surface area (Å²) in [6, 6.07) is 0. The van der Waals surface area contributed by atoms with Crippen molar-refractivity contribution in [3.8, 4) is 0 Å². The fraction of sp³-hybridized carbons (Fsp3) is 0.500. The van der Waals surface area contributed by atoms with Gasteiger partial charge < -0.3 is 9.47 Å². The molecule has 0 atom stereocenters. The molecule has 1 rings (SSSR count). The van der Waals surface area contributed by atoms with E-state index in [9.17, 15) is 0 Å². The zero-order valence-corrected chi connectivity index (χ0v) is 9.54. The highest BCUT2D eigenvalue weighted by Crippen LogP contribution is 2.17. The van der Waals surface area contributed by atoms with Gasteiger partial charge in [0.15, 0.2) is 11.5 Å². The number of hydrogen-bond acceptors (Lipinski definition) is 2. The van der Waals surface area contributed by atoms with Gasteiger partial charge in [-0.05, 0) is 26.0 Å². The molecule has 0 aliphatic carbocycles. The van der Waals surface area contributed by atoms with Gasteiger partial charge in [-0.3, -0.25) is 0 Å². The van der Waals surface area contributed by atoms with Crippen molar-refractivity contribution in [1.29, 1.82) is 0 Å². The van der Waals surface area contributed by atoms with Crippen LogP contribution < -0.4 is 0 Å². The van der Waals surface area contributed by atoms with Gasteiger partial charge in [-0.2, -0.15) is 0 Å². The van der Waals surface area contributed by atoms with E-state index in [1.165, 1.54) is 0 Å². The Labute approximate surface area is 86.9 Å². The van der Waals surface area contributed by atoms with E-state index in [2.05, 4.69) is 0 Å². The quantitative estimate of drug-likeness (QED) is 0.639. The van der Waals surface area contributed by atoms with E-state index < -0.39 is 0 Å². The van der Waals surface area contributed by atoms with Crippen molar-refractivity contribution in [2.24, 2.45) is 0 Å². The molecule has 2 heteroatoms. The molecule has 1 heterocycles. The molecular formula is C12H20O2. The standard InChI is InChI=1S/C10H14O2.C2H6/c1-3-5-6-10-9(4-2)11-7-8-12-10;1-2/h3-6H,7-8H2,1-2H3;1-2H3/b5-3-,9-4+,10-6+;. The van der Waals surface area contributed by atoms with E-state index in [1.807, 2.05) is 52.0 Å². The van der Waals surface area contributed by atoms with E-state index in [0.717, 1.165) is 11.5 Å².